The van der Waals surface area contributed by atoms with Crippen LogP contribution < -0.4 is 14.4 Å². The number of halogens is 1. The third-order valence-corrected chi connectivity index (χ3v) is 9.20. The molecule has 0 spiro atoms. The number of sulfonamides is 1. The highest BCUT2D eigenvalue weighted by atomic mass is 35.5. The van der Waals surface area contributed by atoms with Gasteiger partial charge in [-0.05, 0) is 72.1 Å². The van der Waals surface area contributed by atoms with Crippen molar-refractivity contribution in [3.63, 3.8) is 0 Å². The fourth-order valence-electron chi connectivity index (χ4n) is 4.70. The molecular formula is C33H34ClN3O5S. The van der Waals surface area contributed by atoms with Gasteiger partial charge in [0, 0.05) is 25.0 Å². The largest absolute Gasteiger partial charge is 0.497 e. The van der Waals surface area contributed by atoms with Gasteiger partial charge in [-0.25, -0.2) is 8.42 Å². The lowest BCUT2D eigenvalue weighted by Gasteiger charge is -2.34. The molecule has 4 rings (SSSR count). The molecular weight excluding hydrogens is 586 g/mol. The van der Waals surface area contributed by atoms with Crippen molar-refractivity contribution in [1.29, 1.82) is 0 Å². The van der Waals surface area contributed by atoms with Crippen LogP contribution in [0.4, 0.5) is 5.69 Å². The summed E-state index contributed by atoms with van der Waals surface area (Å²) in [6.45, 7) is 1.48. The number of anilines is 1. The van der Waals surface area contributed by atoms with Crippen molar-refractivity contribution in [2.45, 2.75) is 30.8 Å². The molecule has 0 aliphatic heterocycles. The molecule has 2 amide bonds. The van der Waals surface area contributed by atoms with E-state index >= 15 is 0 Å². The Morgan fingerprint density at radius 2 is 1.51 bits per heavy atom. The average molecular weight is 620 g/mol. The third kappa shape index (κ3) is 7.74. The van der Waals surface area contributed by atoms with Gasteiger partial charge >= 0.3 is 0 Å². The maximum absolute atomic E-state index is 14.3. The highest BCUT2D eigenvalue weighted by Gasteiger charge is 2.34. The third-order valence-electron chi connectivity index (χ3n) is 7.16. The number of aryl methyl sites for hydroxylation is 1. The molecule has 0 unspecified atom stereocenters. The average Bonchev–Trinajstić information content (AvgIpc) is 3.02. The quantitative estimate of drug-likeness (QED) is 0.234. The summed E-state index contributed by atoms with van der Waals surface area (Å²) in [7, 11) is -1.22. The molecule has 224 valence electrons. The molecule has 0 aliphatic carbocycles. The first-order chi connectivity index (χ1) is 20.6. The molecule has 10 heteroatoms. The monoisotopic (exact) mass is 619 g/mol. The van der Waals surface area contributed by atoms with E-state index in [-0.39, 0.29) is 29.5 Å². The Labute approximate surface area is 257 Å². The van der Waals surface area contributed by atoms with Gasteiger partial charge in [0.05, 0.1) is 17.7 Å². The summed E-state index contributed by atoms with van der Waals surface area (Å²) in [4.78, 5) is 29.1. The van der Waals surface area contributed by atoms with E-state index in [1.165, 1.54) is 31.2 Å². The second kappa shape index (κ2) is 14.2. The summed E-state index contributed by atoms with van der Waals surface area (Å²) in [5.74, 6) is -0.409. The normalized spacial score (nSPS) is 11.8. The SMILES string of the molecule is CNC(=O)[C@@H](Cc1ccccc1)N(Cc1ccccc1C)C(=O)CN(c1ccc(Cl)cc1)S(=O)(=O)c1ccc(OC)cc1. The first-order valence-corrected chi connectivity index (χ1v) is 15.5. The Morgan fingerprint density at radius 3 is 2.12 bits per heavy atom. The molecule has 0 aromatic heterocycles. The molecule has 0 heterocycles. The first kappa shape index (κ1) is 31.6. The molecule has 8 nitrogen and oxygen atoms in total. The van der Waals surface area contributed by atoms with E-state index in [0.29, 0.717) is 10.8 Å². The van der Waals surface area contributed by atoms with E-state index < -0.39 is 28.5 Å². The Hall–Kier alpha value is -4.34. The number of amides is 2. The fourth-order valence-corrected chi connectivity index (χ4v) is 6.24. The Bertz CT molecular complexity index is 1650. The number of likely N-dealkylation sites (N-methyl/N-ethyl adjacent to an activating group) is 1. The van der Waals surface area contributed by atoms with Crippen LogP contribution in [-0.4, -0.2) is 51.9 Å². The minimum absolute atomic E-state index is 0.0198. The van der Waals surface area contributed by atoms with Crippen LogP contribution in [-0.2, 0) is 32.6 Å². The number of rotatable bonds is 12. The summed E-state index contributed by atoms with van der Waals surface area (Å²) >= 11 is 6.11. The van der Waals surface area contributed by atoms with Crippen LogP contribution in [0.1, 0.15) is 16.7 Å². The van der Waals surface area contributed by atoms with Crippen LogP contribution in [0.5, 0.6) is 5.75 Å². The molecule has 0 bridgehead atoms. The van der Waals surface area contributed by atoms with E-state index in [4.69, 9.17) is 16.3 Å². The number of nitrogens with zero attached hydrogens (tertiary/aromatic N) is 2. The van der Waals surface area contributed by atoms with Crippen LogP contribution in [0.3, 0.4) is 0 Å². The summed E-state index contributed by atoms with van der Waals surface area (Å²) in [5.41, 5.74) is 2.90. The Balaban J connectivity index is 1.79. The summed E-state index contributed by atoms with van der Waals surface area (Å²) < 4.78 is 34.3. The summed E-state index contributed by atoms with van der Waals surface area (Å²) in [6.07, 6.45) is 0.240. The lowest BCUT2D eigenvalue weighted by atomic mass is 10.0. The second-order valence-electron chi connectivity index (χ2n) is 9.93. The van der Waals surface area contributed by atoms with E-state index in [2.05, 4.69) is 5.32 Å². The number of methoxy groups -OCH3 is 1. The first-order valence-electron chi connectivity index (χ1n) is 13.7. The zero-order chi connectivity index (χ0) is 31.0. The van der Waals surface area contributed by atoms with Crippen molar-refractivity contribution in [3.05, 3.63) is 125 Å². The van der Waals surface area contributed by atoms with E-state index in [0.717, 1.165) is 21.0 Å². The van der Waals surface area contributed by atoms with E-state index in [9.17, 15) is 18.0 Å². The number of nitrogens with one attached hydrogen (secondary N) is 1. The van der Waals surface area contributed by atoms with Gasteiger partial charge in [-0.2, -0.15) is 0 Å². The minimum atomic E-state index is -4.23. The molecule has 4 aromatic rings. The number of carbonyl (C=O) groups excluding carboxylic acids is 2. The predicted octanol–water partition coefficient (Wildman–Crippen LogP) is 5.24. The molecule has 1 N–H and O–H groups in total. The second-order valence-corrected chi connectivity index (χ2v) is 12.2. The number of benzene rings is 4. The summed E-state index contributed by atoms with van der Waals surface area (Å²) in [5, 5.41) is 3.11. The van der Waals surface area contributed by atoms with Gasteiger partial charge < -0.3 is 15.0 Å². The fraction of sp³-hybridized carbons (Fsp3) is 0.212. The van der Waals surface area contributed by atoms with Gasteiger partial charge in [-0.1, -0.05) is 66.2 Å². The molecule has 43 heavy (non-hydrogen) atoms. The molecule has 0 saturated carbocycles. The number of hydrogen-bond acceptors (Lipinski definition) is 5. The molecule has 4 aromatic carbocycles. The number of hydrogen-bond donors (Lipinski definition) is 1. The molecule has 0 radical (unpaired) electrons. The lowest BCUT2D eigenvalue weighted by Crippen LogP contribution is -2.53. The maximum atomic E-state index is 14.3. The Morgan fingerprint density at radius 1 is 0.884 bits per heavy atom. The lowest BCUT2D eigenvalue weighted by molar-refractivity contribution is -0.139. The van der Waals surface area contributed by atoms with Gasteiger partial charge in [-0.15, -0.1) is 0 Å². The van der Waals surface area contributed by atoms with Gasteiger partial charge in [-0.3, -0.25) is 13.9 Å². The van der Waals surface area contributed by atoms with Crippen LogP contribution in [0.25, 0.3) is 0 Å². The molecule has 1 atom stereocenters. The Kier molecular flexibility index (Phi) is 10.4. The molecule has 0 fully saturated rings. The summed E-state index contributed by atoms with van der Waals surface area (Å²) in [6, 6.07) is 28.2. The van der Waals surface area contributed by atoms with E-state index in [1.807, 2.05) is 61.5 Å². The minimum Gasteiger partial charge on any atom is -0.497 e. The van der Waals surface area contributed by atoms with Crippen molar-refractivity contribution in [2.75, 3.05) is 25.0 Å². The van der Waals surface area contributed by atoms with Crippen molar-refractivity contribution in [2.24, 2.45) is 0 Å². The van der Waals surface area contributed by atoms with E-state index in [1.54, 1.807) is 36.4 Å². The van der Waals surface area contributed by atoms with Crippen LogP contribution >= 0.6 is 11.6 Å². The van der Waals surface area contributed by atoms with Crippen LogP contribution in [0.2, 0.25) is 5.02 Å². The van der Waals surface area contributed by atoms with Crippen molar-refractivity contribution in [3.8, 4) is 5.75 Å². The zero-order valence-electron chi connectivity index (χ0n) is 24.2. The van der Waals surface area contributed by atoms with Gasteiger partial charge in [0.25, 0.3) is 10.0 Å². The zero-order valence-corrected chi connectivity index (χ0v) is 25.8. The van der Waals surface area contributed by atoms with Crippen LogP contribution in [0, 0.1) is 6.92 Å². The number of carbonyl (C=O) groups is 2. The number of ether oxygens (including phenoxy) is 1. The van der Waals surface area contributed by atoms with Crippen molar-refractivity contribution in [1.82, 2.24) is 10.2 Å². The standard InChI is InChI=1S/C33H34ClN3O5S/c1-24-9-7-8-12-26(24)22-36(31(33(39)35-2)21-25-10-5-4-6-11-25)32(38)23-37(28-15-13-27(34)14-16-28)43(40,41)30-19-17-29(42-3)18-20-30/h4-20,31H,21-23H2,1-3H3,(H,35,39)/t31-/m1/s1. The van der Waals surface area contributed by atoms with Crippen molar-refractivity contribution < 1.29 is 22.7 Å². The van der Waals surface area contributed by atoms with Gasteiger partial charge in [0.15, 0.2) is 0 Å². The molecule has 0 saturated heterocycles. The van der Waals surface area contributed by atoms with Gasteiger partial charge in [0.1, 0.15) is 18.3 Å². The topological polar surface area (TPSA) is 96.0 Å². The maximum Gasteiger partial charge on any atom is 0.264 e. The van der Waals surface area contributed by atoms with Crippen molar-refractivity contribution >= 4 is 39.1 Å². The van der Waals surface area contributed by atoms with Crippen LogP contribution in [0.15, 0.2) is 108 Å². The smallest absolute Gasteiger partial charge is 0.264 e. The highest BCUT2D eigenvalue weighted by molar-refractivity contribution is 7.92. The highest BCUT2D eigenvalue weighted by Crippen LogP contribution is 2.27. The predicted molar refractivity (Wildman–Crippen MR) is 169 cm³/mol. The van der Waals surface area contributed by atoms with Gasteiger partial charge in [0.2, 0.25) is 11.8 Å². The molecule has 0 aliphatic rings.